The lowest BCUT2D eigenvalue weighted by Crippen LogP contribution is -2.42. The second-order valence-electron chi connectivity index (χ2n) is 5.16. The standard InChI is InChI=1S/C12H18N4O5/c1-7-14-9(21-16-7)4-5-13-11(20)15-8(17)6-12(2,3)10(18)19/h4-6H2,1-3H3,(H,18,19)(H2,13,15,17,20). The maximum Gasteiger partial charge on any atom is 0.321 e. The molecule has 1 heterocycles. The molecule has 9 nitrogen and oxygen atoms in total. The predicted octanol–water partition coefficient (Wildman–Crippen LogP) is 0.247. The van der Waals surface area contributed by atoms with Gasteiger partial charge in [-0.1, -0.05) is 5.16 Å². The molecule has 0 spiro atoms. The fourth-order valence-electron chi connectivity index (χ4n) is 1.42. The van der Waals surface area contributed by atoms with E-state index in [0.717, 1.165) is 0 Å². The summed E-state index contributed by atoms with van der Waals surface area (Å²) in [5.74, 6) is -0.884. The van der Waals surface area contributed by atoms with Crippen molar-refractivity contribution in [3.05, 3.63) is 11.7 Å². The number of aryl methyl sites for hydroxylation is 1. The van der Waals surface area contributed by atoms with Crippen LogP contribution in [0.4, 0.5) is 4.79 Å². The van der Waals surface area contributed by atoms with Crippen LogP contribution in [-0.4, -0.2) is 39.7 Å². The van der Waals surface area contributed by atoms with E-state index in [-0.39, 0.29) is 13.0 Å². The van der Waals surface area contributed by atoms with Gasteiger partial charge in [0.2, 0.25) is 11.8 Å². The van der Waals surface area contributed by atoms with Gasteiger partial charge in [-0.15, -0.1) is 0 Å². The van der Waals surface area contributed by atoms with Crippen LogP contribution in [0.2, 0.25) is 0 Å². The number of nitrogens with one attached hydrogen (secondary N) is 2. The summed E-state index contributed by atoms with van der Waals surface area (Å²) in [6, 6.07) is -0.697. The molecule has 3 N–H and O–H groups in total. The Kier molecular flexibility index (Phi) is 5.39. The molecule has 0 saturated carbocycles. The van der Waals surface area contributed by atoms with Crippen molar-refractivity contribution in [2.24, 2.45) is 5.41 Å². The second-order valence-corrected chi connectivity index (χ2v) is 5.16. The molecule has 0 saturated heterocycles. The number of carbonyl (C=O) groups is 3. The normalized spacial score (nSPS) is 11.0. The van der Waals surface area contributed by atoms with Crippen molar-refractivity contribution in [3.8, 4) is 0 Å². The molecular weight excluding hydrogens is 280 g/mol. The third kappa shape index (κ3) is 5.59. The Balaban J connectivity index is 2.30. The number of carboxylic acid groups (broad SMARTS) is 1. The van der Waals surface area contributed by atoms with Gasteiger partial charge in [0.05, 0.1) is 5.41 Å². The second kappa shape index (κ2) is 6.82. The molecule has 1 aromatic heterocycles. The number of carboxylic acids is 1. The van der Waals surface area contributed by atoms with Crippen molar-refractivity contribution < 1.29 is 24.0 Å². The van der Waals surface area contributed by atoms with Gasteiger partial charge in [-0.25, -0.2) is 4.79 Å². The molecule has 0 aliphatic carbocycles. The number of nitrogens with zero attached hydrogens (tertiary/aromatic N) is 2. The van der Waals surface area contributed by atoms with Crippen molar-refractivity contribution in [2.75, 3.05) is 6.54 Å². The van der Waals surface area contributed by atoms with Gasteiger partial charge in [0, 0.05) is 19.4 Å². The summed E-state index contributed by atoms with van der Waals surface area (Å²) in [5.41, 5.74) is -1.23. The highest BCUT2D eigenvalue weighted by molar-refractivity contribution is 5.96. The predicted molar refractivity (Wildman–Crippen MR) is 70.3 cm³/mol. The Hall–Kier alpha value is -2.45. The van der Waals surface area contributed by atoms with Crippen LogP contribution < -0.4 is 10.6 Å². The molecule has 0 fully saturated rings. The van der Waals surface area contributed by atoms with Crippen LogP contribution in [0.15, 0.2) is 4.52 Å². The lowest BCUT2D eigenvalue weighted by molar-refractivity contribution is -0.149. The fraction of sp³-hybridized carbons (Fsp3) is 0.583. The van der Waals surface area contributed by atoms with E-state index in [2.05, 4.69) is 20.8 Å². The minimum atomic E-state index is -1.23. The Bertz CT molecular complexity index is 538. The van der Waals surface area contributed by atoms with E-state index in [4.69, 9.17) is 9.63 Å². The molecule has 1 rings (SSSR count). The largest absolute Gasteiger partial charge is 0.481 e. The first-order valence-electron chi connectivity index (χ1n) is 6.31. The maximum atomic E-state index is 11.5. The molecule has 0 atom stereocenters. The van der Waals surface area contributed by atoms with E-state index >= 15 is 0 Å². The molecule has 0 radical (unpaired) electrons. The van der Waals surface area contributed by atoms with Crippen LogP contribution in [0.25, 0.3) is 0 Å². The zero-order chi connectivity index (χ0) is 16.0. The van der Waals surface area contributed by atoms with Gasteiger partial charge >= 0.3 is 12.0 Å². The van der Waals surface area contributed by atoms with E-state index < -0.39 is 23.3 Å². The number of rotatable bonds is 6. The fourth-order valence-corrected chi connectivity index (χ4v) is 1.42. The van der Waals surface area contributed by atoms with Gasteiger partial charge in [0.15, 0.2) is 5.82 Å². The lowest BCUT2D eigenvalue weighted by Gasteiger charge is -2.17. The highest BCUT2D eigenvalue weighted by Gasteiger charge is 2.30. The Morgan fingerprint density at radius 3 is 2.52 bits per heavy atom. The lowest BCUT2D eigenvalue weighted by atomic mass is 9.89. The first kappa shape index (κ1) is 16.6. The average molecular weight is 298 g/mol. The van der Waals surface area contributed by atoms with Gasteiger partial charge < -0.3 is 14.9 Å². The first-order chi connectivity index (χ1) is 9.70. The van der Waals surface area contributed by atoms with Crippen LogP contribution in [0.5, 0.6) is 0 Å². The minimum Gasteiger partial charge on any atom is -0.481 e. The van der Waals surface area contributed by atoms with Crippen molar-refractivity contribution in [3.63, 3.8) is 0 Å². The molecule has 9 heteroatoms. The summed E-state index contributed by atoms with van der Waals surface area (Å²) >= 11 is 0. The molecule has 3 amide bonds. The Morgan fingerprint density at radius 1 is 1.33 bits per heavy atom. The van der Waals surface area contributed by atoms with Crippen molar-refractivity contribution in [1.29, 1.82) is 0 Å². The molecule has 0 aromatic carbocycles. The number of hydrogen-bond donors (Lipinski definition) is 3. The summed E-state index contributed by atoms with van der Waals surface area (Å²) in [5, 5.41) is 17.0. The maximum absolute atomic E-state index is 11.5. The van der Waals surface area contributed by atoms with Gasteiger partial charge in [-0.2, -0.15) is 4.98 Å². The minimum absolute atomic E-state index is 0.211. The number of amides is 3. The van der Waals surface area contributed by atoms with Crippen LogP contribution in [0.1, 0.15) is 32.0 Å². The van der Waals surface area contributed by atoms with Crippen molar-refractivity contribution in [1.82, 2.24) is 20.8 Å². The van der Waals surface area contributed by atoms with Crippen molar-refractivity contribution >= 4 is 17.9 Å². The molecule has 21 heavy (non-hydrogen) atoms. The zero-order valence-electron chi connectivity index (χ0n) is 12.1. The topological polar surface area (TPSA) is 134 Å². The first-order valence-corrected chi connectivity index (χ1v) is 6.31. The number of hydrogen-bond acceptors (Lipinski definition) is 6. The van der Waals surface area contributed by atoms with Gasteiger partial charge in [0.1, 0.15) is 0 Å². The van der Waals surface area contributed by atoms with E-state index in [1.807, 2.05) is 0 Å². The summed E-state index contributed by atoms with van der Waals surface area (Å²) < 4.78 is 4.85. The van der Waals surface area contributed by atoms with Crippen molar-refractivity contribution in [2.45, 2.75) is 33.6 Å². The van der Waals surface area contributed by atoms with E-state index in [0.29, 0.717) is 18.1 Å². The zero-order valence-corrected chi connectivity index (χ0v) is 12.1. The smallest absolute Gasteiger partial charge is 0.321 e. The molecule has 0 aliphatic rings. The molecule has 0 aliphatic heterocycles. The molecule has 0 bridgehead atoms. The van der Waals surface area contributed by atoms with Crippen LogP contribution in [-0.2, 0) is 16.0 Å². The van der Waals surface area contributed by atoms with Crippen LogP contribution >= 0.6 is 0 Å². The Morgan fingerprint density at radius 2 is 2.00 bits per heavy atom. The quantitative estimate of drug-likeness (QED) is 0.685. The molecular formula is C12H18N4O5. The highest BCUT2D eigenvalue weighted by Crippen LogP contribution is 2.19. The van der Waals surface area contributed by atoms with Gasteiger partial charge in [0.25, 0.3) is 0 Å². The van der Waals surface area contributed by atoms with E-state index in [1.54, 1.807) is 6.92 Å². The molecule has 0 unspecified atom stereocenters. The number of aromatic nitrogens is 2. The van der Waals surface area contributed by atoms with Crippen LogP contribution in [0.3, 0.4) is 0 Å². The molecule has 1 aromatic rings. The third-order valence-electron chi connectivity index (χ3n) is 2.63. The molecule has 116 valence electrons. The SMILES string of the molecule is Cc1noc(CCNC(=O)NC(=O)CC(C)(C)C(=O)O)n1. The number of imide groups is 1. The van der Waals surface area contributed by atoms with E-state index in [9.17, 15) is 14.4 Å². The number of carbonyl (C=O) groups excluding carboxylic acids is 2. The van der Waals surface area contributed by atoms with Gasteiger partial charge in [-0.05, 0) is 20.8 Å². The monoisotopic (exact) mass is 298 g/mol. The summed E-state index contributed by atoms with van der Waals surface area (Å²) in [6.07, 6.45) is 0.0433. The highest BCUT2D eigenvalue weighted by atomic mass is 16.5. The van der Waals surface area contributed by atoms with Gasteiger partial charge in [-0.3, -0.25) is 14.9 Å². The number of aliphatic carboxylic acids is 1. The Labute approximate surface area is 121 Å². The summed E-state index contributed by atoms with van der Waals surface area (Å²) in [7, 11) is 0. The third-order valence-corrected chi connectivity index (χ3v) is 2.63. The average Bonchev–Trinajstić information content (AvgIpc) is 2.73. The summed E-state index contributed by atoms with van der Waals surface area (Å²) in [4.78, 5) is 37.8. The van der Waals surface area contributed by atoms with Crippen LogP contribution in [0, 0.1) is 12.3 Å². The van der Waals surface area contributed by atoms with E-state index in [1.165, 1.54) is 13.8 Å². The number of urea groups is 1. The summed E-state index contributed by atoms with van der Waals surface area (Å²) in [6.45, 7) is 4.70.